The molecule has 0 unspecified atom stereocenters. The number of Topliss-reactive ketones (excluding diaryl/α,β-unsaturated/α-hetero) is 1. The highest BCUT2D eigenvalue weighted by Gasteiger charge is 1.97. The first-order valence-corrected chi connectivity index (χ1v) is 7.86. The Balaban J connectivity index is 2.98. The van der Waals surface area contributed by atoms with E-state index in [1.165, 1.54) is 0 Å². The Bertz CT molecular complexity index is 240. The van der Waals surface area contributed by atoms with Crippen molar-refractivity contribution < 1.29 is 28.5 Å². The van der Waals surface area contributed by atoms with Crippen molar-refractivity contribution in [1.82, 2.24) is 5.32 Å². The highest BCUT2D eigenvalue weighted by atomic mass is 16.6. The van der Waals surface area contributed by atoms with E-state index in [-0.39, 0.29) is 12.4 Å². The Hall–Kier alpha value is -0.570. The zero-order valence-electron chi connectivity index (χ0n) is 13.9. The first kappa shape index (κ1) is 21.4. The molecule has 0 radical (unpaired) electrons. The van der Waals surface area contributed by atoms with E-state index in [0.717, 1.165) is 6.54 Å². The maximum atomic E-state index is 11.0. The molecule has 0 atom stereocenters. The van der Waals surface area contributed by atoms with Crippen LogP contribution in [0.25, 0.3) is 0 Å². The number of hydrogen-bond acceptors (Lipinski definition) is 7. The number of hydrogen-bond donors (Lipinski definition) is 1. The van der Waals surface area contributed by atoms with E-state index in [9.17, 15) is 4.79 Å². The molecule has 0 saturated heterocycles. The van der Waals surface area contributed by atoms with Gasteiger partial charge in [-0.25, -0.2) is 0 Å². The van der Waals surface area contributed by atoms with Crippen molar-refractivity contribution in [2.45, 2.75) is 13.3 Å². The summed E-state index contributed by atoms with van der Waals surface area (Å²) in [5, 5.41) is 3.00. The molecule has 0 bridgehead atoms. The highest BCUT2D eigenvalue weighted by molar-refractivity contribution is 5.79. The number of nitrogens with one attached hydrogen (secondary N) is 1. The van der Waals surface area contributed by atoms with E-state index in [0.29, 0.717) is 65.9 Å². The summed E-state index contributed by atoms with van der Waals surface area (Å²) in [4.78, 5) is 11.0. The summed E-state index contributed by atoms with van der Waals surface area (Å²) in [6, 6.07) is 0. The van der Waals surface area contributed by atoms with E-state index in [4.69, 9.17) is 23.7 Å². The smallest absolute Gasteiger partial charge is 0.158 e. The van der Waals surface area contributed by atoms with Crippen LogP contribution in [-0.4, -0.2) is 85.4 Å². The minimum atomic E-state index is 0.107. The lowest BCUT2D eigenvalue weighted by atomic mass is 10.3. The first-order valence-electron chi connectivity index (χ1n) is 7.86. The molecule has 1 N–H and O–H groups in total. The number of carbonyl (C=O) groups is 1. The molecule has 0 saturated carbocycles. The molecule has 0 amide bonds. The van der Waals surface area contributed by atoms with Gasteiger partial charge in [-0.15, -0.1) is 0 Å². The minimum Gasteiger partial charge on any atom is -0.378 e. The van der Waals surface area contributed by atoms with E-state index in [1.54, 1.807) is 0 Å². The van der Waals surface area contributed by atoms with Crippen LogP contribution in [0.4, 0.5) is 0 Å². The van der Waals surface area contributed by atoms with Crippen LogP contribution in [0.15, 0.2) is 0 Å². The molecule has 0 aliphatic carbocycles. The third-order valence-corrected chi connectivity index (χ3v) is 2.64. The van der Waals surface area contributed by atoms with Gasteiger partial charge in [-0.3, -0.25) is 4.79 Å². The van der Waals surface area contributed by atoms with E-state index in [2.05, 4.69) is 5.32 Å². The Kier molecular flexibility index (Phi) is 18.0. The van der Waals surface area contributed by atoms with Crippen molar-refractivity contribution in [3.63, 3.8) is 0 Å². The number of rotatable bonds is 18. The lowest BCUT2D eigenvalue weighted by Crippen LogP contribution is -2.17. The van der Waals surface area contributed by atoms with Crippen LogP contribution >= 0.6 is 0 Å². The minimum absolute atomic E-state index is 0.107. The van der Waals surface area contributed by atoms with E-state index < -0.39 is 0 Å². The third-order valence-electron chi connectivity index (χ3n) is 2.64. The molecule has 0 aromatic carbocycles. The van der Waals surface area contributed by atoms with Gasteiger partial charge in [0.25, 0.3) is 0 Å². The SMILES string of the molecule is CCC(=O)COCCOCCOCCOCCOCCNC. The van der Waals surface area contributed by atoms with Gasteiger partial charge in [-0.05, 0) is 7.05 Å². The van der Waals surface area contributed by atoms with Gasteiger partial charge in [0.1, 0.15) is 6.61 Å². The van der Waals surface area contributed by atoms with Gasteiger partial charge in [0, 0.05) is 13.0 Å². The molecule has 0 heterocycles. The van der Waals surface area contributed by atoms with Crippen LogP contribution in [0.2, 0.25) is 0 Å². The van der Waals surface area contributed by atoms with Gasteiger partial charge in [0.15, 0.2) is 5.78 Å². The summed E-state index contributed by atoms with van der Waals surface area (Å²) in [7, 11) is 1.89. The molecule has 0 aliphatic rings. The van der Waals surface area contributed by atoms with Crippen molar-refractivity contribution in [2.24, 2.45) is 0 Å². The largest absolute Gasteiger partial charge is 0.378 e. The molecule has 0 spiro atoms. The van der Waals surface area contributed by atoms with Gasteiger partial charge < -0.3 is 29.0 Å². The molecule has 7 nitrogen and oxygen atoms in total. The zero-order valence-corrected chi connectivity index (χ0v) is 13.9. The second kappa shape index (κ2) is 18.5. The van der Waals surface area contributed by atoms with Crippen molar-refractivity contribution in [1.29, 1.82) is 0 Å². The Morgan fingerprint density at radius 3 is 1.55 bits per heavy atom. The fourth-order valence-corrected chi connectivity index (χ4v) is 1.34. The molecule has 7 heteroatoms. The predicted octanol–water partition coefficient (Wildman–Crippen LogP) is 0.268. The van der Waals surface area contributed by atoms with Crippen molar-refractivity contribution in [3.8, 4) is 0 Å². The second-order valence-corrected chi connectivity index (χ2v) is 4.50. The standard InChI is InChI=1S/C15H31NO6/c1-3-15(17)14-22-13-12-21-11-10-20-9-8-19-7-6-18-5-4-16-2/h16H,3-14H2,1-2H3. The second-order valence-electron chi connectivity index (χ2n) is 4.50. The average Bonchev–Trinajstić information content (AvgIpc) is 2.54. The predicted molar refractivity (Wildman–Crippen MR) is 83.3 cm³/mol. The lowest BCUT2D eigenvalue weighted by Gasteiger charge is -2.07. The Morgan fingerprint density at radius 2 is 1.14 bits per heavy atom. The van der Waals surface area contributed by atoms with Crippen molar-refractivity contribution in [2.75, 3.05) is 79.7 Å². The molecule has 132 valence electrons. The van der Waals surface area contributed by atoms with Crippen molar-refractivity contribution >= 4 is 5.78 Å². The normalized spacial score (nSPS) is 11.0. The fraction of sp³-hybridized carbons (Fsp3) is 0.933. The number of ketones is 1. The summed E-state index contributed by atoms with van der Waals surface area (Å²) < 4.78 is 26.4. The zero-order chi connectivity index (χ0) is 16.3. The highest BCUT2D eigenvalue weighted by Crippen LogP contribution is 1.85. The van der Waals surface area contributed by atoms with E-state index in [1.807, 2.05) is 14.0 Å². The quantitative estimate of drug-likeness (QED) is 0.363. The van der Waals surface area contributed by atoms with Gasteiger partial charge in [-0.2, -0.15) is 0 Å². The molecule has 0 aromatic heterocycles. The van der Waals surface area contributed by atoms with Gasteiger partial charge in [0.2, 0.25) is 0 Å². The molecular weight excluding hydrogens is 290 g/mol. The fourth-order valence-electron chi connectivity index (χ4n) is 1.34. The number of carbonyl (C=O) groups excluding carboxylic acids is 1. The summed E-state index contributed by atoms with van der Waals surface area (Å²) >= 11 is 0. The van der Waals surface area contributed by atoms with Crippen LogP contribution in [0.3, 0.4) is 0 Å². The van der Waals surface area contributed by atoms with Gasteiger partial charge >= 0.3 is 0 Å². The average molecular weight is 321 g/mol. The Labute approximate surface area is 133 Å². The number of likely N-dealkylation sites (N-methyl/N-ethyl adjacent to an activating group) is 1. The van der Waals surface area contributed by atoms with Gasteiger partial charge in [0.05, 0.1) is 59.5 Å². The summed E-state index contributed by atoms with van der Waals surface area (Å²) in [5.74, 6) is 0.107. The molecule has 0 rings (SSSR count). The van der Waals surface area contributed by atoms with E-state index >= 15 is 0 Å². The third kappa shape index (κ3) is 17.5. The first-order chi connectivity index (χ1) is 10.8. The topological polar surface area (TPSA) is 75.3 Å². The van der Waals surface area contributed by atoms with Crippen LogP contribution in [-0.2, 0) is 28.5 Å². The number of ether oxygens (including phenoxy) is 5. The van der Waals surface area contributed by atoms with Crippen molar-refractivity contribution in [3.05, 3.63) is 0 Å². The maximum absolute atomic E-state index is 11.0. The van der Waals surface area contributed by atoms with Gasteiger partial charge in [-0.1, -0.05) is 6.92 Å². The molecule has 0 aromatic rings. The summed E-state index contributed by atoms with van der Waals surface area (Å²) in [6.45, 7) is 7.76. The molecule has 22 heavy (non-hydrogen) atoms. The maximum Gasteiger partial charge on any atom is 0.158 e. The molecular formula is C15H31NO6. The lowest BCUT2D eigenvalue weighted by molar-refractivity contribution is -0.123. The van der Waals surface area contributed by atoms with Crippen LogP contribution in [0.1, 0.15) is 13.3 Å². The van der Waals surface area contributed by atoms with Crippen LogP contribution in [0.5, 0.6) is 0 Å². The summed E-state index contributed by atoms with van der Waals surface area (Å²) in [6.07, 6.45) is 0.513. The van der Waals surface area contributed by atoms with Crippen LogP contribution < -0.4 is 5.32 Å². The molecule has 0 aliphatic heterocycles. The Morgan fingerprint density at radius 1 is 0.727 bits per heavy atom. The monoisotopic (exact) mass is 321 g/mol. The van der Waals surface area contributed by atoms with Crippen LogP contribution in [0, 0.1) is 0 Å². The summed E-state index contributed by atoms with van der Waals surface area (Å²) in [5.41, 5.74) is 0. The molecule has 0 fully saturated rings.